The second-order valence-corrected chi connectivity index (χ2v) is 5.29. The minimum Gasteiger partial charge on any atom is -0.508 e. The van der Waals surface area contributed by atoms with Gasteiger partial charge in [-0.3, -0.25) is 4.90 Å². The molecule has 0 spiro atoms. The normalized spacial score (nSPS) is 19.8. The monoisotopic (exact) mass is 266 g/mol. The van der Waals surface area contributed by atoms with E-state index in [1.54, 1.807) is 6.07 Å². The van der Waals surface area contributed by atoms with Gasteiger partial charge in [0.05, 0.1) is 0 Å². The molecule has 106 valence electrons. The Morgan fingerprint density at radius 2 is 2.26 bits per heavy atom. The summed E-state index contributed by atoms with van der Waals surface area (Å²) in [5, 5.41) is 12.9. The molecule has 0 aliphatic carbocycles. The van der Waals surface area contributed by atoms with Crippen LogP contribution in [0.5, 0.6) is 5.75 Å². The lowest BCUT2D eigenvalue weighted by Gasteiger charge is -2.34. The molecule has 1 aromatic rings. The topological polar surface area (TPSA) is 35.5 Å². The Bertz CT molecular complexity index is 385. The van der Waals surface area contributed by atoms with Crippen molar-refractivity contribution in [3.05, 3.63) is 29.6 Å². The Labute approximate surface area is 114 Å². The number of aromatic hydroxyl groups is 1. The summed E-state index contributed by atoms with van der Waals surface area (Å²) in [4.78, 5) is 2.39. The van der Waals surface area contributed by atoms with Gasteiger partial charge in [-0.15, -0.1) is 0 Å². The number of piperidine rings is 1. The van der Waals surface area contributed by atoms with E-state index in [0.717, 1.165) is 37.7 Å². The molecule has 0 bridgehead atoms. The number of hydrogen-bond acceptors (Lipinski definition) is 3. The van der Waals surface area contributed by atoms with E-state index in [1.165, 1.54) is 18.9 Å². The summed E-state index contributed by atoms with van der Waals surface area (Å²) >= 11 is 0. The lowest BCUT2D eigenvalue weighted by molar-refractivity contribution is 0.157. The summed E-state index contributed by atoms with van der Waals surface area (Å²) < 4.78 is 13.3. The van der Waals surface area contributed by atoms with Crippen molar-refractivity contribution in [3.8, 4) is 5.75 Å². The van der Waals surface area contributed by atoms with Crippen molar-refractivity contribution < 1.29 is 9.50 Å². The standard InChI is InChI=1S/C15H23FN2O/c1-2-6-18(14-4-3-5-17-10-14)11-12-7-13(16)9-15(19)8-12/h7-9,14,17,19H,2-6,10-11H2,1H3. The molecular formula is C15H23FN2O. The van der Waals surface area contributed by atoms with Gasteiger partial charge in [-0.25, -0.2) is 4.39 Å². The largest absolute Gasteiger partial charge is 0.508 e. The second kappa shape index (κ2) is 6.87. The average molecular weight is 266 g/mol. The maximum atomic E-state index is 13.3. The SMILES string of the molecule is CCCN(Cc1cc(O)cc(F)c1)C1CCCNC1. The summed E-state index contributed by atoms with van der Waals surface area (Å²) in [6, 6.07) is 4.83. The van der Waals surface area contributed by atoms with E-state index < -0.39 is 0 Å². The van der Waals surface area contributed by atoms with Gasteiger partial charge >= 0.3 is 0 Å². The van der Waals surface area contributed by atoms with Gasteiger partial charge in [0.1, 0.15) is 11.6 Å². The molecule has 19 heavy (non-hydrogen) atoms. The number of phenols is 1. The average Bonchev–Trinajstić information content (AvgIpc) is 2.38. The van der Waals surface area contributed by atoms with E-state index in [9.17, 15) is 9.50 Å². The molecule has 1 saturated heterocycles. The fraction of sp³-hybridized carbons (Fsp3) is 0.600. The van der Waals surface area contributed by atoms with Crippen LogP contribution in [0.3, 0.4) is 0 Å². The summed E-state index contributed by atoms with van der Waals surface area (Å²) in [5.74, 6) is -0.360. The first-order chi connectivity index (χ1) is 9.19. The molecule has 1 aliphatic rings. The lowest BCUT2D eigenvalue weighted by atomic mass is 10.0. The summed E-state index contributed by atoms with van der Waals surface area (Å²) in [7, 11) is 0. The van der Waals surface area contributed by atoms with Crippen molar-refractivity contribution in [2.75, 3.05) is 19.6 Å². The molecule has 3 nitrogen and oxygen atoms in total. The van der Waals surface area contributed by atoms with Gasteiger partial charge in [0.15, 0.2) is 0 Å². The molecule has 1 atom stereocenters. The highest BCUT2D eigenvalue weighted by molar-refractivity contribution is 5.28. The Morgan fingerprint density at radius 3 is 2.89 bits per heavy atom. The number of hydrogen-bond donors (Lipinski definition) is 2. The van der Waals surface area contributed by atoms with Gasteiger partial charge < -0.3 is 10.4 Å². The zero-order chi connectivity index (χ0) is 13.7. The van der Waals surface area contributed by atoms with Gasteiger partial charge in [0, 0.05) is 25.2 Å². The first-order valence-corrected chi connectivity index (χ1v) is 7.12. The maximum Gasteiger partial charge on any atom is 0.127 e. The predicted octanol–water partition coefficient (Wildman–Crippen LogP) is 2.50. The number of halogens is 1. The highest BCUT2D eigenvalue weighted by Gasteiger charge is 2.20. The number of phenolic OH excluding ortho intramolecular Hbond substituents is 1. The molecule has 1 heterocycles. The number of nitrogens with zero attached hydrogens (tertiary/aromatic N) is 1. The molecule has 0 aromatic heterocycles. The molecule has 1 fully saturated rings. The molecule has 1 aliphatic heterocycles. The Kier molecular flexibility index (Phi) is 5.16. The fourth-order valence-electron chi connectivity index (χ4n) is 2.78. The van der Waals surface area contributed by atoms with Crippen LogP contribution in [0.25, 0.3) is 0 Å². The van der Waals surface area contributed by atoms with E-state index >= 15 is 0 Å². The Hall–Kier alpha value is -1.13. The van der Waals surface area contributed by atoms with E-state index in [1.807, 2.05) is 0 Å². The van der Waals surface area contributed by atoms with Crippen molar-refractivity contribution in [2.24, 2.45) is 0 Å². The van der Waals surface area contributed by atoms with Gasteiger partial charge in [0.25, 0.3) is 0 Å². The quantitative estimate of drug-likeness (QED) is 0.859. The molecule has 0 saturated carbocycles. The Balaban J connectivity index is 2.06. The predicted molar refractivity (Wildman–Crippen MR) is 74.7 cm³/mol. The number of benzene rings is 1. The smallest absolute Gasteiger partial charge is 0.127 e. The third kappa shape index (κ3) is 4.18. The van der Waals surface area contributed by atoms with Crippen molar-refractivity contribution in [2.45, 2.75) is 38.8 Å². The van der Waals surface area contributed by atoms with Gasteiger partial charge in [0.2, 0.25) is 0 Å². The van der Waals surface area contributed by atoms with Crippen molar-refractivity contribution in [1.29, 1.82) is 0 Å². The highest BCUT2D eigenvalue weighted by atomic mass is 19.1. The molecule has 1 aromatic carbocycles. The van der Waals surface area contributed by atoms with Crippen LogP contribution >= 0.6 is 0 Å². The van der Waals surface area contributed by atoms with Gasteiger partial charge in [-0.05, 0) is 50.0 Å². The molecule has 0 amide bonds. The van der Waals surface area contributed by atoms with Crippen LogP contribution < -0.4 is 5.32 Å². The van der Waals surface area contributed by atoms with Crippen LogP contribution in [0, 0.1) is 5.82 Å². The van der Waals surface area contributed by atoms with Crippen LogP contribution in [-0.2, 0) is 6.54 Å². The van der Waals surface area contributed by atoms with E-state index in [4.69, 9.17) is 0 Å². The van der Waals surface area contributed by atoms with Crippen LogP contribution in [0.4, 0.5) is 4.39 Å². The third-order valence-electron chi connectivity index (χ3n) is 3.63. The maximum absolute atomic E-state index is 13.3. The lowest BCUT2D eigenvalue weighted by Crippen LogP contribution is -2.45. The molecule has 2 N–H and O–H groups in total. The fourth-order valence-corrected chi connectivity index (χ4v) is 2.78. The summed E-state index contributed by atoms with van der Waals surface area (Å²) in [5.41, 5.74) is 0.844. The van der Waals surface area contributed by atoms with Crippen molar-refractivity contribution in [3.63, 3.8) is 0 Å². The minimum absolute atomic E-state index is 0.00761. The second-order valence-electron chi connectivity index (χ2n) is 5.29. The van der Waals surface area contributed by atoms with Crippen LogP contribution in [0.1, 0.15) is 31.7 Å². The highest BCUT2D eigenvalue weighted by Crippen LogP contribution is 2.19. The van der Waals surface area contributed by atoms with E-state index in [0.29, 0.717) is 12.6 Å². The summed E-state index contributed by atoms with van der Waals surface area (Å²) in [6.45, 7) is 5.96. The number of rotatable bonds is 5. The first-order valence-electron chi connectivity index (χ1n) is 7.12. The van der Waals surface area contributed by atoms with Crippen LogP contribution in [0.2, 0.25) is 0 Å². The molecule has 2 rings (SSSR count). The van der Waals surface area contributed by atoms with E-state index in [2.05, 4.69) is 17.1 Å². The minimum atomic E-state index is -0.367. The van der Waals surface area contributed by atoms with Crippen LogP contribution in [-0.4, -0.2) is 35.7 Å². The Morgan fingerprint density at radius 1 is 1.42 bits per heavy atom. The molecular weight excluding hydrogens is 243 g/mol. The van der Waals surface area contributed by atoms with Gasteiger partial charge in [-0.1, -0.05) is 6.92 Å². The van der Waals surface area contributed by atoms with Gasteiger partial charge in [-0.2, -0.15) is 0 Å². The van der Waals surface area contributed by atoms with Crippen molar-refractivity contribution in [1.82, 2.24) is 10.2 Å². The van der Waals surface area contributed by atoms with Crippen molar-refractivity contribution >= 4 is 0 Å². The molecule has 0 radical (unpaired) electrons. The zero-order valence-corrected chi connectivity index (χ0v) is 11.5. The van der Waals surface area contributed by atoms with E-state index in [-0.39, 0.29) is 11.6 Å². The number of nitrogens with one attached hydrogen (secondary N) is 1. The van der Waals surface area contributed by atoms with Crippen LogP contribution in [0.15, 0.2) is 18.2 Å². The molecule has 4 heteroatoms. The first kappa shape index (κ1) is 14.3. The summed E-state index contributed by atoms with van der Waals surface area (Å²) in [6.07, 6.45) is 3.46. The zero-order valence-electron chi connectivity index (χ0n) is 11.5. The molecule has 1 unspecified atom stereocenters. The third-order valence-corrected chi connectivity index (χ3v) is 3.63.